The number of H-pyrrole nitrogens is 1. The van der Waals surface area contributed by atoms with E-state index in [-0.39, 0.29) is 0 Å². The lowest BCUT2D eigenvalue weighted by molar-refractivity contribution is 1.05. The van der Waals surface area contributed by atoms with Gasteiger partial charge in [-0.05, 0) is 52.0 Å². The highest BCUT2D eigenvalue weighted by Gasteiger charge is 2.09. The molecule has 3 rings (SSSR count). The topological polar surface area (TPSA) is 67.6 Å². The van der Waals surface area contributed by atoms with Gasteiger partial charge in [0.05, 0.1) is 16.1 Å². The maximum absolute atomic E-state index is 6.13. The van der Waals surface area contributed by atoms with Crippen LogP contribution in [0, 0.1) is 0 Å². The number of aromatic amines is 1. The van der Waals surface area contributed by atoms with Gasteiger partial charge in [-0.3, -0.25) is 0 Å². The Hall–Kier alpha value is -1.24. The lowest BCUT2D eigenvalue weighted by Crippen LogP contribution is -1.83. The number of nitrogens with two attached hydrogens (primary N) is 1. The number of pyridine rings is 1. The number of nitrogens with one attached hydrogen (secondary N) is 1. The number of anilines is 1. The maximum Gasteiger partial charge on any atom is 0.172 e. The zero-order valence-electron chi connectivity index (χ0n) is 9.52. The van der Waals surface area contributed by atoms with Crippen LogP contribution in [0.3, 0.4) is 0 Å². The molecular weight excluding hydrogens is 348 g/mol. The van der Waals surface area contributed by atoms with Crippen molar-refractivity contribution in [2.24, 2.45) is 0 Å². The highest BCUT2D eigenvalue weighted by atomic mass is 79.9. The molecule has 0 bridgehead atoms. The first kappa shape index (κ1) is 12.8. The van der Waals surface area contributed by atoms with Crippen molar-refractivity contribution < 1.29 is 0 Å². The molecule has 0 fully saturated rings. The number of nitrogen functional groups attached to an aromatic ring is 1. The quantitative estimate of drug-likeness (QED) is 0.679. The minimum Gasteiger partial charge on any atom is -0.399 e. The number of benzene rings is 1. The predicted octanol–water partition coefficient (Wildman–Crippen LogP) is 4.11. The monoisotopic (exact) mass is 354 g/mol. The fourth-order valence-corrected chi connectivity index (χ4v) is 3.12. The van der Waals surface area contributed by atoms with Crippen LogP contribution in [0.2, 0.25) is 5.02 Å². The summed E-state index contributed by atoms with van der Waals surface area (Å²) in [4.78, 5) is 11.9. The Morgan fingerprint density at radius 1 is 1.32 bits per heavy atom. The Bertz CT molecular complexity index is 759. The smallest absolute Gasteiger partial charge is 0.172 e. The minimum absolute atomic E-state index is 0.583. The standard InChI is InChI=1S/C12H8BrClN4S/c13-6-3-8(14)11(16-5-6)19-12-17-9-2-1-7(15)4-10(9)18-12/h1-5H,15H2,(H,17,18). The third-order valence-corrected chi connectivity index (χ3v) is 4.19. The van der Waals surface area contributed by atoms with Crippen LogP contribution in [-0.2, 0) is 0 Å². The largest absolute Gasteiger partial charge is 0.399 e. The number of imidazole rings is 1. The molecule has 2 aromatic heterocycles. The molecule has 3 aromatic rings. The first-order valence-electron chi connectivity index (χ1n) is 5.36. The van der Waals surface area contributed by atoms with E-state index < -0.39 is 0 Å². The number of nitrogens with zero attached hydrogens (tertiary/aromatic N) is 2. The van der Waals surface area contributed by atoms with Crippen LogP contribution in [0.15, 0.2) is 45.1 Å². The van der Waals surface area contributed by atoms with Gasteiger partial charge < -0.3 is 10.7 Å². The minimum atomic E-state index is 0.583. The normalized spacial score (nSPS) is 11.1. The summed E-state index contributed by atoms with van der Waals surface area (Å²) in [5, 5.41) is 2.02. The molecule has 0 amide bonds. The Morgan fingerprint density at radius 2 is 2.16 bits per heavy atom. The van der Waals surface area contributed by atoms with Gasteiger partial charge in [-0.1, -0.05) is 11.6 Å². The van der Waals surface area contributed by atoms with Gasteiger partial charge in [0.2, 0.25) is 0 Å². The number of rotatable bonds is 2. The predicted molar refractivity (Wildman–Crippen MR) is 81.6 cm³/mol. The number of fused-ring (bicyclic) bond motifs is 1. The highest BCUT2D eigenvalue weighted by Crippen LogP contribution is 2.32. The van der Waals surface area contributed by atoms with E-state index in [1.807, 2.05) is 18.2 Å². The average molecular weight is 356 g/mol. The molecule has 2 heterocycles. The van der Waals surface area contributed by atoms with Crippen molar-refractivity contribution in [3.05, 3.63) is 40.0 Å². The van der Waals surface area contributed by atoms with E-state index in [1.54, 1.807) is 12.3 Å². The van der Waals surface area contributed by atoms with Crippen molar-refractivity contribution in [3.8, 4) is 0 Å². The molecule has 4 nitrogen and oxygen atoms in total. The second-order valence-corrected chi connectivity index (χ2v) is 6.16. The van der Waals surface area contributed by atoms with Crippen molar-refractivity contribution in [1.82, 2.24) is 15.0 Å². The van der Waals surface area contributed by atoms with E-state index in [9.17, 15) is 0 Å². The molecule has 96 valence electrons. The van der Waals surface area contributed by atoms with Gasteiger partial charge in [0.15, 0.2) is 5.16 Å². The molecule has 1 aromatic carbocycles. The molecule has 0 spiro atoms. The summed E-state index contributed by atoms with van der Waals surface area (Å²) >= 11 is 10.8. The molecule has 0 unspecified atom stereocenters. The van der Waals surface area contributed by atoms with Crippen LogP contribution in [0.1, 0.15) is 0 Å². The summed E-state index contributed by atoms with van der Waals surface area (Å²) in [5.74, 6) is 0. The molecule has 0 saturated heterocycles. The number of aromatic nitrogens is 3. The lowest BCUT2D eigenvalue weighted by Gasteiger charge is -2.00. The fourth-order valence-electron chi connectivity index (χ4n) is 1.62. The molecule has 0 aliphatic rings. The number of hydrogen-bond acceptors (Lipinski definition) is 4. The van der Waals surface area contributed by atoms with Gasteiger partial charge in [0.25, 0.3) is 0 Å². The first-order valence-corrected chi connectivity index (χ1v) is 7.35. The van der Waals surface area contributed by atoms with Gasteiger partial charge >= 0.3 is 0 Å². The van der Waals surface area contributed by atoms with Crippen molar-refractivity contribution in [3.63, 3.8) is 0 Å². The summed E-state index contributed by atoms with van der Waals surface area (Å²) in [6.45, 7) is 0. The molecule has 3 N–H and O–H groups in total. The zero-order valence-corrected chi connectivity index (χ0v) is 12.7. The Balaban J connectivity index is 1.96. The van der Waals surface area contributed by atoms with Gasteiger partial charge in [-0.15, -0.1) is 0 Å². The number of halogens is 2. The van der Waals surface area contributed by atoms with Gasteiger partial charge in [0.1, 0.15) is 5.03 Å². The SMILES string of the molecule is Nc1ccc2nc(Sc3ncc(Br)cc3Cl)[nH]c2c1. The van der Waals surface area contributed by atoms with Crippen molar-refractivity contribution >= 4 is 56.0 Å². The summed E-state index contributed by atoms with van der Waals surface area (Å²) in [7, 11) is 0. The van der Waals surface area contributed by atoms with E-state index in [2.05, 4.69) is 30.9 Å². The zero-order chi connectivity index (χ0) is 13.4. The average Bonchev–Trinajstić information content (AvgIpc) is 2.74. The summed E-state index contributed by atoms with van der Waals surface area (Å²) in [6, 6.07) is 7.35. The Kier molecular flexibility index (Phi) is 3.38. The van der Waals surface area contributed by atoms with Gasteiger partial charge in [-0.25, -0.2) is 9.97 Å². The molecule has 0 atom stereocenters. The van der Waals surface area contributed by atoms with Crippen molar-refractivity contribution in [2.45, 2.75) is 10.2 Å². The van der Waals surface area contributed by atoms with Crippen LogP contribution in [-0.4, -0.2) is 15.0 Å². The maximum atomic E-state index is 6.13. The van der Waals surface area contributed by atoms with Gasteiger partial charge in [-0.2, -0.15) is 0 Å². The van der Waals surface area contributed by atoms with E-state index in [4.69, 9.17) is 17.3 Å². The summed E-state index contributed by atoms with van der Waals surface area (Å²) in [6.07, 6.45) is 1.70. The Morgan fingerprint density at radius 3 is 2.95 bits per heavy atom. The molecule has 0 radical (unpaired) electrons. The molecule has 0 saturated carbocycles. The van der Waals surface area contributed by atoms with Crippen LogP contribution in [0.5, 0.6) is 0 Å². The second kappa shape index (κ2) is 5.03. The molecule has 0 aliphatic heterocycles. The summed E-state index contributed by atoms with van der Waals surface area (Å²) < 4.78 is 0.847. The third kappa shape index (κ3) is 2.70. The molecular formula is C12H8BrClN4S. The van der Waals surface area contributed by atoms with Gasteiger partial charge in [0, 0.05) is 16.4 Å². The van der Waals surface area contributed by atoms with E-state index in [1.165, 1.54) is 11.8 Å². The second-order valence-electron chi connectivity index (χ2n) is 3.86. The number of hydrogen-bond donors (Lipinski definition) is 2. The van der Waals surface area contributed by atoms with E-state index in [0.717, 1.165) is 20.7 Å². The summed E-state index contributed by atoms with van der Waals surface area (Å²) in [5.41, 5.74) is 8.20. The van der Waals surface area contributed by atoms with Crippen molar-refractivity contribution in [2.75, 3.05) is 5.73 Å². The van der Waals surface area contributed by atoms with E-state index >= 15 is 0 Å². The van der Waals surface area contributed by atoms with Crippen molar-refractivity contribution in [1.29, 1.82) is 0 Å². The first-order chi connectivity index (χ1) is 9.11. The molecule has 0 aliphatic carbocycles. The molecule has 19 heavy (non-hydrogen) atoms. The lowest BCUT2D eigenvalue weighted by atomic mass is 10.3. The van der Waals surface area contributed by atoms with Crippen LogP contribution in [0.25, 0.3) is 11.0 Å². The van der Waals surface area contributed by atoms with Crippen LogP contribution < -0.4 is 5.73 Å². The van der Waals surface area contributed by atoms with Crippen LogP contribution in [0.4, 0.5) is 5.69 Å². The fraction of sp³-hybridized carbons (Fsp3) is 0. The third-order valence-electron chi connectivity index (χ3n) is 2.45. The van der Waals surface area contributed by atoms with E-state index in [0.29, 0.717) is 15.7 Å². The highest BCUT2D eigenvalue weighted by molar-refractivity contribution is 9.10. The molecule has 7 heteroatoms. The van der Waals surface area contributed by atoms with Crippen LogP contribution >= 0.6 is 39.3 Å². The Labute approximate surface area is 126 Å².